The van der Waals surface area contributed by atoms with Crippen molar-refractivity contribution < 1.29 is 14.4 Å². The summed E-state index contributed by atoms with van der Waals surface area (Å²) in [4.78, 5) is 43.8. The monoisotopic (exact) mass is 516 g/mol. The first kappa shape index (κ1) is 26.9. The van der Waals surface area contributed by atoms with E-state index in [0.29, 0.717) is 19.3 Å². The SMILES string of the molecule is CC1(C)CC[C@]2(C(=O)N=[N+]=[N-])CC[C@]3(C)C(C(=O)C=C4[C@@]5(C)C=C(C#N)C(=O)C(C)(C)[C@@H]5CC[C@]43C)[C@H]2C1. The van der Waals surface area contributed by atoms with E-state index in [9.17, 15) is 19.6 Å². The van der Waals surface area contributed by atoms with Crippen LogP contribution < -0.4 is 0 Å². The third kappa shape index (κ3) is 3.13. The molecule has 1 amide bonds. The van der Waals surface area contributed by atoms with Gasteiger partial charge in [-0.1, -0.05) is 60.1 Å². The van der Waals surface area contributed by atoms with Gasteiger partial charge in [0.05, 0.1) is 5.57 Å². The number of carbonyl (C=O) groups is 3. The minimum Gasteiger partial charge on any atom is -0.295 e. The lowest BCUT2D eigenvalue weighted by Gasteiger charge is -2.69. The highest BCUT2D eigenvalue weighted by Gasteiger charge is 2.70. The number of Topliss-reactive ketones (excluding diaryl/α,β-unsaturated/α-hetero) is 1. The number of nitriles is 1. The number of ketones is 2. The van der Waals surface area contributed by atoms with Crippen LogP contribution in [-0.4, -0.2) is 17.5 Å². The topological polar surface area (TPSA) is 124 Å². The molecule has 3 fully saturated rings. The summed E-state index contributed by atoms with van der Waals surface area (Å²) in [5, 5.41) is 13.5. The lowest BCUT2D eigenvalue weighted by atomic mass is 9.34. The van der Waals surface area contributed by atoms with Gasteiger partial charge in [0.1, 0.15) is 6.07 Å². The van der Waals surface area contributed by atoms with Crippen LogP contribution in [0.3, 0.4) is 0 Å². The zero-order valence-corrected chi connectivity index (χ0v) is 23.9. The third-order valence-corrected chi connectivity index (χ3v) is 12.4. The highest BCUT2D eigenvalue weighted by atomic mass is 16.2. The van der Waals surface area contributed by atoms with Crippen molar-refractivity contribution in [3.05, 3.63) is 33.7 Å². The predicted octanol–water partition coefficient (Wildman–Crippen LogP) is 7.04. The Morgan fingerprint density at radius 2 is 1.71 bits per heavy atom. The summed E-state index contributed by atoms with van der Waals surface area (Å²) in [5.74, 6) is -1.01. The molecule has 7 heteroatoms. The van der Waals surface area contributed by atoms with Crippen LogP contribution in [0.25, 0.3) is 10.4 Å². The number of fused-ring (bicyclic) bond motifs is 7. The fourth-order valence-electron chi connectivity index (χ4n) is 10.1. The van der Waals surface area contributed by atoms with Crippen LogP contribution >= 0.6 is 0 Å². The summed E-state index contributed by atoms with van der Waals surface area (Å²) < 4.78 is 0. The van der Waals surface area contributed by atoms with Crippen LogP contribution in [0.5, 0.6) is 0 Å². The fraction of sp³-hybridized carbons (Fsp3) is 0.742. The quantitative estimate of drug-likeness (QED) is 0.210. The van der Waals surface area contributed by atoms with Gasteiger partial charge in [0, 0.05) is 27.1 Å². The minimum atomic E-state index is -0.794. The number of rotatable bonds is 1. The molecule has 0 heterocycles. The van der Waals surface area contributed by atoms with Crippen molar-refractivity contribution in [3.63, 3.8) is 0 Å². The van der Waals surface area contributed by atoms with Gasteiger partial charge in [0.15, 0.2) is 11.6 Å². The Balaban J connectivity index is 1.71. The largest absolute Gasteiger partial charge is 0.295 e. The number of carbonyl (C=O) groups excluding carboxylic acids is 3. The molecule has 3 saturated carbocycles. The molecule has 202 valence electrons. The van der Waals surface area contributed by atoms with E-state index in [-0.39, 0.29) is 45.7 Å². The average molecular weight is 517 g/mol. The lowest BCUT2D eigenvalue weighted by Crippen LogP contribution is -2.65. The molecule has 0 aromatic carbocycles. The van der Waals surface area contributed by atoms with Crippen molar-refractivity contribution in [2.24, 2.45) is 55.4 Å². The molecule has 0 aliphatic heterocycles. The van der Waals surface area contributed by atoms with Crippen LogP contribution in [0.15, 0.2) is 28.4 Å². The molecule has 7 nitrogen and oxygen atoms in total. The summed E-state index contributed by atoms with van der Waals surface area (Å²) in [6, 6.07) is 2.15. The van der Waals surface area contributed by atoms with Gasteiger partial charge >= 0.3 is 0 Å². The Morgan fingerprint density at radius 1 is 1.05 bits per heavy atom. The number of hydrogen-bond acceptors (Lipinski definition) is 4. The van der Waals surface area contributed by atoms with E-state index in [0.717, 1.165) is 31.3 Å². The molecule has 0 bridgehead atoms. The maximum Gasteiger partial charge on any atom is 0.225 e. The molecule has 38 heavy (non-hydrogen) atoms. The minimum absolute atomic E-state index is 0.00489. The Bertz CT molecular complexity index is 1310. The Kier molecular flexibility index (Phi) is 5.60. The highest BCUT2D eigenvalue weighted by Crippen LogP contribution is 2.74. The molecule has 5 rings (SSSR count). The average Bonchev–Trinajstić information content (AvgIpc) is 2.82. The van der Waals surface area contributed by atoms with E-state index in [1.165, 1.54) is 0 Å². The van der Waals surface area contributed by atoms with Crippen LogP contribution in [-0.2, 0) is 14.4 Å². The summed E-state index contributed by atoms with van der Waals surface area (Å²) in [6.45, 7) is 14.9. The van der Waals surface area contributed by atoms with E-state index in [1.807, 2.05) is 26.0 Å². The molecule has 5 aliphatic rings. The van der Waals surface area contributed by atoms with Crippen LogP contribution in [0.1, 0.15) is 93.4 Å². The zero-order chi connectivity index (χ0) is 28.1. The van der Waals surface area contributed by atoms with Crippen LogP contribution in [0.2, 0.25) is 0 Å². The molecule has 1 unspecified atom stereocenters. The van der Waals surface area contributed by atoms with Gasteiger partial charge in [0.25, 0.3) is 0 Å². The van der Waals surface area contributed by atoms with Gasteiger partial charge in [-0.25, -0.2) is 0 Å². The van der Waals surface area contributed by atoms with Crippen molar-refractivity contribution in [2.45, 2.75) is 93.4 Å². The second-order valence-electron chi connectivity index (χ2n) is 14.9. The Morgan fingerprint density at radius 3 is 2.34 bits per heavy atom. The summed E-state index contributed by atoms with van der Waals surface area (Å²) >= 11 is 0. The van der Waals surface area contributed by atoms with E-state index < -0.39 is 27.6 Å². The van der Waals surface area contributed by atoms with Gasteiger partial charge in [0.2, 0.25) is 5.91 Å². The maximum atomic E-state index is 14.4. The number of amides is 1. The molecule has 7 atom stereocenters. The molecule has 5 aliphatic carbocycles. The van der Waals surface area contributed by atoms with E-state index >= 15 is 0 Å². The standard InChI is InChI=1S/C31H40N4O3/c1-26(2)10-12-31(25(38)34-35-33)13-11-30(7)23(19(31)16-26)20(36)14-22-28(5)15-18(17-32)24(37)27(3,4)21(28)8-9-29(22,30)6/h14-15,19,21,23H,8-13,16H2,1-7H3/t19-,21+,23?,28+,29-,30-,31+/m1/s1. The molecule has 0 spiro atoms. The van der Waals surface area contributed by atoms with Crippen molar-refractivity contribution in [1.82, 2.24) is 0 Å². The number of allylic oxidation sites excluding steroid dienone is 4. The zero-order valence-electron chi connectivity index (χ0n) is 23.9. The first-order valence-electron chi connectivity index (χ1n) is 14.1. The number of nitrogens with zero attached hydrogens (tertiary/aromatic N) is 4. The van der Waals surface area contributed by atoms with Crippen molar-refractivity contribution in [3.8, 4) is 6.07 Å². The molecule has 0 aromatic heterocycles. The second-order valence-corrected chi connectivity index (χ2v) is 14.9. The first-order valence-corrected chi connectivity index (χ1v) is 14.1. The molecular weight excluding hydrogens is 476 g/mol. The molecule has 0 N–H and O–H groups in total. The lowest BCUT2D eigenvalue weighted by molar-refractivity contribution is -0.176. The summed E-state index contributed by atoms with van der Waals surface area (Å²) in [7, 11) is 0. The first-order chi connectivity index (χ1) is 17.5. The van der Waals surface area contributed by atoms with E-state index in [4.69, 9.17) is 5.53 Å². The second kappa shape index (κ2) is 7.92. The number of azide groups is 1. The summed E-state index contributed by atoms with van der Waals surface area (Å²) in [5.41, 5.74) is 7.55. The number of hydrogen-bond donors (Lipinski definition) is 0. The Hall–Kier alpha value is -2.71. The smallest absolute Gasteiger partial charge is 0.225 e. The van der Waals surface area contributed by atoms with Gasteiger partial charge in [-0.2, -0.15) is 5.26 Å². The van der Waals surface area contributed by atoms with Gasteiger partial charge in [-0.05, 0) is 89.7 Å². The van der Waals surface area contributed by atoms with Gasteiger partial charge < -0.3 is 0 Å². The van der Waals surface area contributed by atoms with Crippen molar-refractivity contribution in [1.29, 1.82) is 5.26 Å². The molecule has 0 saturated heterocycles. The van der Waals surface area contributed by atoms with Crippen LogP contribution in [0, 0.1) is 61.6 Å². The highest BCUT2D eigenvalue weighted by molar-refractivity contribution is 6.04. The van der Waals surface area contributed by atoms with E-state index in [1.54, 1.807) is 0 Å². The molecule has 0 radical (unpaired) electrons. The van der Waals surface area contributed by atoms with Gasteiger partial charge in [-0.3, -0.25) is 14.4 Å². The Labute approximate surface area is 225 Å². The van der Waals surface area contributed by atoms with Crippen LogP contribution in [0.4, 0.5) is 0 Å². The van der Waals surface area contributed by atoms with Crippen molar-refractivity contribution in [2.75, 3.05) is 0 Å². The van der Waals surface area contributed by atoms with Gasteiger partial charge in [-0.15, -0.1) is 0 Å². The fourth-order valence-corrected chi connectivity index (χ4v) is 10.1. The normalized spacial score (nSPS) is 44.5. The third-order valence-electron chi connectivity index (χ3n) is 12.4. The maximum absolute atomic E-state index is 14.4. The molecular formula is C31H40N4O3. The predicted molar refractivity (Wildman–Crippen MR) is 143 cm³/mol. The van der Waals surface area contributed by atoms with E-state index in [2.05, 4.69) is 50.7 Å². The summed E-state index contributed by atoms with van der Waals surface area (Å²) in [6.07, 6.45) is 8.91. The molecule has 0 aromatic rings. The van der Waals surface area contributed by atoms with Crippen molar-refractivity contribution >= 4 is 17.5 Å².